The summed E-state index contributed by atoms with van der Waals surface area (Å²) in [7, 11) is 1.57. The van der Waals surface area contributed by atoms with Crippen LogP contribution in [-0.2, 0) is 11.0 Å². The Hall–Kier alpha value is -5.51. The molecule has 0 spiro atoms. The molecule has 1 heterocycles. The summed E-state index contributed by atoms with van der Waals surface area (Å²) in [4.78, 5) is 46.1. The quantitative estimate of drug-likeness (QED) is 0.142. The van der Waals surface area contributed by atoms with E-state index in [2.05, 4.69) is 22.5 Å². The zero-order valence-corrected chi connectivity index (χ0v) is 26.6. The van der Waals surface area contributed by atoms with Crippen LogP contribution in [0.15, 0.2) is 109 Å². The number of alkyl halides is 3. The number of benzene rings is 4. The van der Waals surface area contributed by atoms with Gasteiger partial charge in [-0.1, -0.05) is 80.4 Å². The summed E-state index contributed by atoms with van der Waals surface area (Å²) in [6.45, 7) is 2.61. The second-order valence-electron chi connectivity index (χ2n) is 11.4. The first kappa shape index (κ1) is 33.8. The van der Waals surface area contributed by atoms with Crippen molar-refractivity contribution in [3.05, 3.63) is 131 Å². The van der Waals surface area contributed by atoms with E-state index in [1.54, 1.807) is 73.8 Å². The van der Waals surface area contributed by atoms with Crippen LogP contribution in [0.2, 0.25) is 0 Å². The Morgan fingerprint density at radius 1 is 0.833 bits per heavy atom. The van der Waals surface area contributed by atoms with Crippen molar-refractivity contribution in [2.45, 2.75) is 38.4 Å². The number of nitrogens with zero attached hydrogens (tertiary/aromatic N) is 2. The van der Waals surface area contributed by atoms with E-state index in [0.29, 0.717) is 51.1 Å². The predicted molar refractivity (Wildman–Crippen MR) is 181 cm³/mol. The predicted octanol–water partition coefficient (Wildman–Crippen LogP) is 7.97. The third-order valence-corrected chi connectivity index (χ3v) is 8.02. The van der Waals surface area contributed by atoms with Crippen molar-refractivity contribution in [1.29, 1.82) is 0 Å². The molecule has 5 rings (SSSR count). The number of carbonyl (C=O) groups excluding carboxylic acids is 3. The van der Waals surface area contributed by atoms with Gasteiger partial charge in [-0.2, -0.15) is 13.2 Å². The summed E-state index contributed by atoms with van der Waals surface area (Å²) < 4.78 is 39.3. The number of pyridine rings is 1. The number of halogens is 3. The Morgan fingerprint density at radius 2 is 1.54 bits per heavy atom. The van der Waals surface area contributed by atoms with E-state index in [0.717, 1.165) is 31.4 Å². The van der Waals surface area contributed by atoms with Gasteiger partial charge in [-0.15, -0.1) is 0 Å². The van der Waals surface area contributed by atoms with Gasteiger partial charge in [0, 0.05) is 30.1 Å². The first-order chi connectivity index (χ1) is 23.1. The monoisotopic (exact) mass is 652 g/mol. The van der Waals surface area contributed by atoms with Crippen molar-refractivity contribution < 1.29 is 27.6 Å². The zero-order chi connectivity index (χ0) is 34.3. The molecule has 0 radical (unpaired) electrons. The van der Waals surface area contributed by atoms with Crippen LogP contribution in [0.5, 0.6) is 0 Å². The van der Waals surface area contributed by atoms with E-state index in [9.17, 15) is 27.6 Å². The Morgan fingerprint density at radius 3 is 2.25 bits per heavy atom. The number of hydrogen-bond acceptors (Lipinski definition) is 4. The van der Waals surface area contributed by atoms with Crippen LogP contribution in [0.4, 0.5) is 19.0 Å². The molecule has 246 valence electrons. The van der Waals surface area contributed by atoms with Gasteiger partial charge >= 0.3 is 6.18 Å². The summed E-state index contributed by atoms with van der Waals surface area (Å²) in [5, 5.41) is 6.44. The molecule has 1 atom stereocenters. The fourth-order valence-corrected chi connectivity index (χ4v) is 5.34. The van der Waals surface area contributed by atoms with E-state index in [4.69, 9.17) is 0 Å². The molecular weight excluding hydrogens is 617 g/mol. The molecule has 0 aliphatic rings. The molecular formula is C38H35F3N4O3. The lowest BCUT2D eigenvalue weighted by Crippen LogP contribution is -2.40. The number of unbranched alkanes of at least 4 members (excludes halogenated alkanes) is 2. The van der Waals surface area contributed by atoms with Gasteiger partial charge in [-0.05, 0) is 71.6 Å². The molecule has 10 heteroatoms. The molecule has 0 saturated heterocycles. The second kappa shape index (κ2) is 14.9. The van der Waals surface area contributed by atoms with Gasteiger partial charge in [0.25, 0.3) is 11.8 Å². The molecule has 3 amide bonds. The molecule has 0 aliphatic carbocycles. The summed E-state index contributed by atoms with van der Waals surface area (Å²) in [6.07, 6.45) is -1.59. The van der Waals surface area contributed by atoms with Crippen LogP contribution >= 0.6 is 0 Å². The van der Waals surface area contributed by atoms with Crippen LogP contribution in [0.1, 0.15) is 64.1 Å². The molecule has 0 fully saturated rings. The maximum Gasteiger partial charge on any atom is 0.416 e. The molecule has 7 nitrogen and oxygen atoms in total. The number of aromatic nitrogens is 1. The van der Waals surface area contributed by atoms with E-state index in [1.165, 1.54) is 17.0 Å². The minimum atomic E-state index is -4.46. The van der Waals surface area contributed by atoms with Crippen molar-refractivity contribution in [3.63, 3.8) is 0 Å². The third kappa shape index (κ3) is 7.88. The Kier molecular flexibility index (Phi) is 10.5. The lowest BCUT2D eigenvalue weighted by molar-refractivity contribution is -0.137. The highest BCUT2D eigenvalue weighted by molar-refractivity contribution is 6.10. The van der Waals surface area contributed by atoms with Crippen LogP contribution in [0.3, 0.4) is 0 Å². The highest BCUT2D eigenvalue weighted by atomic mass is 19.4. The van der Waals surface area contributed by atoms with Gasteiger partial charge in [-0.25, -0.2) is 4.98 Å². The topological polar surface area (TPSA) is 91.4 Å². The lowest BCUT2D eigenvalue weighted by Gasteiger charge is -2.20. The van der Waals surface area contributed by atoms with E-state index in [-0.39, 0.29) is 5.91 Å². The van der Waals surface area contributed by atoms with E-state index < -0.39 is 29.6 Å². The van der Waals surface area contributed by atoms with Gasteiger partial charge in [0.15, 0.2) is 0 Å². The molecule has 0 unspecified atom stereocenters. The maximum absolute atomic E-state index is 13.6. The fourth-order valence-electron chi connectivity index (χ4n) is 5.34. The average Bonchev–Trinajstić information content (AvgIpc) is 3.11. The molecule has 0 aliphatic heterocycles. The van der Waals surface area contributed by atoms with Crippen molar-refractivity contribution in [3.8, 4) is 11.1 Å². The van der Waals surface area contributed by atoms with Gasteiger partial charge in [0.05, 0.1) is 11.1 Å². The molecule has 48 heavy (non-hydrogen) atoms. The third-order valence-electron chi connectivity index (χ3n) is 8.02. The number of rotatable bonds is 11. The van der Waals surface area contributed by atoms with Gasteiger partial charge in [-0.3, -0.25) is 19.3 Å². The van der Waals surface area contributed by atoms with Crippen molar-refractivity contribution >= 4 is 34.4 Å². The van der Waals surface area contributed by atoms with Crippen molar-refractivity contribution in [1.82, 2.24) is 15.6 Å². The first-order valence-corrected chi connectivity index (χ1v) is 15.7. The molecule has 4 aromatic carbocycles. The Labute approximate surface area is 276 Å². The lowest BCUT2D eigenvalue weighted by atomic mass is 9.98. The van der Waals surface area contributed by atoms with Crippen LogP contribution in [0, 0.1) is 0 Å². The van der Waals surface area contributed by atoms with Gasteiger partial charge in [0.2, 0.25) is 5.91 Å². The zero-order valence-electron chi connectivity index (χ0n) is 26.6. The largest absolute Gasteiger partial charge is 0.416 e. The minimum Gasteiger partial charge on any atom is -0.354 e. The SMILES string of the molecule is CCCCCNC(=O)[C@@H](NC(=O)c1ccc2nc(N(C)C(=O)c3ccccc3-c3ccc(C(F)(F)F)cc3)ccc2c1)c1ccccc1. The molecule has 1 aromatic heterocycles. The van der Waals surface area contributed by atoms with Crippen molar-refractivity contribution in [2.75, 3.05) is 18.5 Å². The number of carbonyl (C=O) groups is 3. The van der Waals surface area contributed by atoms with Crippen LogP contribution < -0.4 is 15.5 Å². The first-order valence-electron chi connectivity index (χ1n) is 15.7. The van der Waals surface area contributed by atoms with Crippen LogP contribution in [-0.4, -0.2) is 36.3 Å². The summed E-state index contributed by atoms with van der Waals surface area (Å²) >= 11 is 0. The standard InChI is InChI=1S/C38H35F3N4O3/c1-3-4-10-23-42-36(47)34(26-11-6-5-7-12-26)44-35(46)28-17-21-32-27(24-28)18-22-33(43-32)45(2)37(48)31-14-9-8-13-30(31)25-15-19-29(20-16-25)38(39,40)41/h5-9,11-22,24,34H,3-4,10,23H2,1-2H3,(H,42,47)(H,44,46)/t34-/m0/s1. The van der Waals surface area contributed by atoms with Gasteiger partial charge < -0.3 is 10.6 Å². The molecule has 0 saturated carbocycles. The normalized spacial score (nSPS) is 11.9. The highest BCUT2D eigenvalue weighted by Crippen LogP contribution is 2.32. The van der Waals surface area contributed by atoms with Gasteiger partial charge in [0.1, 0.15) is 11.9 Å². The molecule has 0 bridgehead atoms. The highest BCUT2D eigenvalue weighted by Gasteiger charge is 2.30. The summed E-state index contributed by atoms with van der Waals surface area (Å²) in [5.74, 6) is -0.764. The molecule has 2 N–H and O–H groups in total. The van der Waals surface area contributed by atoms with Crippen LogP contribution in [0.25, 0.3) is 22.0 Å². The average molecular weight is 653 g/mol. The van der Waals surface area contributed by atoms with E-state index >= 15 is 0 Å². The number of amides is 3. The van der Waals surface area contributed by atoms with E-state index in [1.807, 2.05) is 18.2 Å². The minimum absolute atomic E-state index is 0.287. The second-order valence-corrected chi connectivity index (χ2v) is 11.4. The Bertz CT molecular complexity index is 1910. The smallest absolute Gasteiger partial charge is 0.354 e. The molecule has 5 aromatic rings. The summed E-state index contributed by atoms with van der Waals surface area (Å²) in [6, 6.07) is 27.9. The fraction of sp³-hybridized carbons (Fsp3) is 0.211. The maximum atomic E-state index is 13.6. The number of anilines is 1. The summed E-state index contributed by atoms with van der Waals surface area (Å²) in [5.41, 5.74) is 2.03. The van der Waals surface area contributed by atoms with Crippen molar-refractivity contribution in [2.24, 2.45) is 0 Å². The Balaban J connectivity index is 1.34. The number of hydrogen-bond donors (Lipinski definition) is 2. The number of fused-ring (bicyclic) bond motifs is 1. The number of nitrogens with one attached hydrogen (secondary N) is 2.